The molecule has 2 aromatic heterocycles. The molecule has 0 aliphatic carbocycles. The standard InChI is InChI=1S/C22F6N6S2/c23-11-7-9(15(27)19-17(13(7)25)33-21(35-19)5(1-29)2-30)12(24)8-10(11)16(28)20-18(14(8)26)34-22(36-20)6(3-31)4-32. The highest BCUT2D eigenvalue weighted by Gasteiger charge is 2.31. The summed E-state index contributed by atoms with van der Waals surface area (Å²) in [6.45, 7) is 0. The zero-order valence-electron chi connectivity index (χ0n) is 16.8. The minimum absolute atomic E-state index is 0.312. The van der Waals surface area contributed by atoms with E-state index in [2.05, 4.69) is 9.97 Å². The molecule has 0 aliphatic rings. The van der Waals surface area contributed by atoms with Gasteiger partial charge in [0.15, 0.2) is 34.4 Å². The van der Waals surface area contributed by atoms with Crippen LogP contribution in [0, 0.1) is 80.2 Å². The van der Waals surface area contributed by atoms with E-state index in [1.807, 2.05) is 0 Å². The molecule has 0 bridgehead atoms. The molecule has 0 saturated heterocycles. The first kappa shape index (κ1) is 23.0. The molecule has 0 fully saturated rings. The van der Waals surface area contributed by atoms with Gasteiger partial charge < -0.3 is 0 Å². The summed E-state index contributed by atoms with van der Waals surface area (Å²) < 4.78 is 90.3. The van der Waals surface area contributed by atoms with E-state index in [4.69, 9.17) is 21.0 Å². The minimum atomic E-state index is -1.84. The number of nitrogens with zero attached hydrogens (tertiary/aromatic N) is 6. The van der Waals surface area contributed by atoms with Gasteiger partial charge in [0.1, 0.15) is 56.3 Å². The van der Waals surface area contributed by atoms with Crippen LogP contribution in [0.3, 0.4) is 0 Å². The van der Waals surface area contributed by atoms with Crippen LogP contribution in [-0.4, -0.2) is 9.97 Å². The molecular formula is C22F6N6S2. The van der Waals surface area contributed by atoms with E-state index in [1.54, 1.807) is 0 Å². The molecule has 0 radical (unpaired) electrons. The smallest absolute Gasteiger partial charge is 0.165 e. The maximum absolute atomic E-state index is 15.5. The molecule has 14 heteroatoms. The van der Waals surface area contributed by atoms with Gasteiger partial charge in [0.25, 0.3) is 0 Å². The summed E-state index contributed by atoms with van der Waals surface area (Å²) in [4.78, 5) is 7.28. The van der Waals surface area contributed by atoms with Crippen molar-refractivity contribution in [2.45, 2.75) is 0 Å². The number of nitriles is 4. The van der Waals surface area contributed by atoms with Crippen molar-refractivity contribution in [2.24, 2.45) is 0 Å². The van der Waals surface area contributed by atoms with Crippen molar-refractivity contribution in [3.05, 3.63) is 44.2 Å². The zero-order valence-corrected chi connectivity index (χ0v) is 18.4. The molecule has 0 spiro atoms. The van der Waals surface area contributed by atoms with Gasteiger partial charge in [-0.3, -0.25) is 0 Å². The Morgan fingerprint density at radius 1 is 0.500 bits per heavy atom. The van der Waals surface area contributed by atoms with Crippen molar-refractivity contribution in [3.8, 4) is 24.3 Å². The van der Waals surface area contributed by atoms with E-state index in [-0.39, 0.29) is 0 Å². The molecule has 172 valence electrons. The summed E-state index contributed by atoms with van der Waals surface area (Å²) in [5, 5.41) is 30.6. The number of benzene rings is 3. The number of rotatable bonds is 0. The van der Waals surface area contributed by atoms with Crippen molar-refractivity contribution in [1.82, 2.24) is 9.97 Å². The molecular weight excluding hydrogens is 526 g/mol. The molecule has 0 saturated carbocycles. The van der Waals surface area contributed by atoms with Crippen molar-refractivity contribution < 1.29 is 26.3 Å². The lowest BCUT2D eigenvalue weighted by Gasteiger charge is -2.11. The normalized spacial score (nSPS) is 10.9. The van der Waals surface area contributed by atoms with Gasteiger partial charge in [-0.25, -0.2) is 36.3 Å². The summed E-state index contributed by atoms with van der Waals surface area (Å²) in [6, 6.07) is 5.89. The van der Waals surface area contributed by atoms with Crippen LogP contribution in [0.4, 0.5) is 26.3 Å². The maximum Gasteiger partial charge on any atom is 0.165 e. The predicted molar refractivity (Wildman–Crippen MR) is 116 cm³/mol. The van der Waals surface area contributed by atoms with E-state index in [9.17, 15) is 0 Å². The molecule has 0 N–H and O–H groups in total. The molecule has 0 aliphatic heterocycles. The molecule has 6 nitrogen and oxygen atoms in total. The second kappa shape index (κ2) is 7.89. The number of hydrogen-bond donors (Lipinski definition) is 0. The molecule has 36 heavy (non-hydrogen) atoms. The van der Waals surface area contributed by atoms with Crippen LogP contribution in [0.5, 0.6) is 0 Å². The SMILES string of the molecule is N#CC(C#N)=c1nc2c(F)c3c(F)c4c(F)c5sc(=C(C#N)C#N)nc5c(F)c4c(F)c3c(F)c2s1. The van der Waals surface area contributed by atoms with Gasteiger partial charge in [0, 0.05) is 0 Å². The molecule has 2 heterocycles. The Balaban J connectivity index is 2.10. The Hall–Kier alpha value is -4.76. The van der Waals surface area contributed by atoms with Crippen molar-refractivity contribution >= 4 is 75.8 Å². The van der Waals surface area contributed by atoms with Crippen molar-refractivity contribution in [1.29, 1.82) is 21.0 Å². The summed E-state index contributed by atoms with van der Waals surface area (Å²) >= 11 is 0.624. The Kier molecular flexibility index (Phi) is 5.04. The van der Waals surface area contributed by atoms with Crippen LogP contribution in [-0.2, 0) is 0 Å². The fraction of sp³-hybridized carbons (Fsp3) is 0. The zero-order chi connectivity index (χ0) is 26.0. The average Bonchev–Trinajstić information content (AvgIpc) is 3.50. The first-order valence-electron chi connectivity index (χ1n) is 9.24. The third-order valence-corrected chi connectivity index (χ3v) is 7.33. The highest BCUT2D eigenvalue weighted by atomic mass is 32.1. The van der Waals surface area contributed by atoms with Crippen LogP contribution in [0.1, 0.15) is 0 Å². The van der Waals surface area contributed by atoms with Crippen LogP contribution >= 0.6 is 22.7 Å². The first-order chi connectivity index (χ1) is 17.2. The lowest BCUT2D eigenvalue weighted by Crippen LogP contribution is -2.03. The van der Waals surface area contributed by atoms with Gasteiger partial charge in [-0.1, -0.05) is 0 Å². The number of hydrogen-bond acceptors (Lipinski definition) is 8. The molecule has 5 rings (SSSR count). The molecule has 0 unspecified atom stereocenters. The Morgan fingerprint density at radius 3 is 1.11 bits per heavy atom. The minimum Gasteiger partial charge on any atom is -0.231 e. The van der Waals surface area contributed by atoms with Crippen LogP contribution in [0.15, 0.2) is 0 Å². The fourth-order valence-electron chi connectivity index (χ4n) is 3.67. The summed E-state index contributed by atoms with van der Waals surface area (Å²) in [7, 11) is 0. The molecule has 0 amide bonds. The maximum atomic E-state index is 15.5. The second-order valence-electron chi connectivity index (χ2n) is 6.97. The molecule has 3 aromatic carbocycles. The van der Waals surface area contributed by atoms with Gasteiger partial charge in [-0.2, -0.15) is 21.0 Å². The molecule has 0 atom stereocenters. The third-order valence-electron chi connectivity index (χ3n) is 5.20. The van der Waals surface area contributed by atoms with Gasteiger partial charge in [-0.15, -0.1) is 22.7 Å². The Bertz CT molecular complexity index is 1870. The lowest BCUT2D eigenvalue weighted by atomic mass is 9.99. The van der Waals surface area contributed by atoms with E-state index in [1.165, 1.54) is 24.3 Å². The average molecular weight is 526 g/mol. The fourth-order valence-corrected chi connectivity index (χ4v) is 5.56. The topological polar surface area (TPSA) is 121 Å². The van der Waals surface area contributed by atoms with Crippen molar-refractivity contribution in [3.63, 3.8) is 0 Å². The van der Waals surface area contributed by atoms with Gasteiger partial charge in [-0.05, 0) is 0 Å². The number of thiazole rings is 2. The molecule has 5 aromatic rings. The van der Waals surface area contributed by atoms with E-state index in [0.29, 0.717) is 22.7 Å². The summed E-state index contributed by atoms with van der Waals surface area (Å²) in [6.07, 6.45) is 0. The van der Waals surface area contributed by atoms with Gasteiger partial charge in [0.05, 0.1) is 30.9 Å². The van der Waals surface area contributed by atoms with Crippen LogP contribution in [0.25, 0.3) is 53.1 Å². The number of fused-ring (bicyclic) bond motifs is 4. The van der Waals surface area contributed by atoms with Crippen molar-refractivity contribution in [2.75, 3.05) is 0 Å². The van der Waals surface area contributed by atoms with Crippen LogP contribution < -0.4 is 9.33 Å². The van der Waals surface area contributed by atoms with E-state index >= 15 is 26.3 Å². The monoisotopic (exact) mass is 526 g/mol. The lowest BCUT2D eigenvalue weighted by molar-refractivity contribution is 0.580. The first-order valence-corrected chi connectivity index (χ1v) is 10.9. The van der Waals surface area contributed by atoms with Gasteiger partial charge >= 0.3 is 0 Å². The largest absolute Gasteiger partial charge is 0.231 e. The van der Waals surface area contributed by atoms with Gasteiger partial charge in [0.2, 0.25) is 0 Å². The predicted octanol–water partition coefficient (Wildman–Crippen LogP) is 4.44. The Morgan fingerprint density at radius 2 is 0.806 bits per heavy atom. The highest BCUT2D eigenvalue weighted by molar-refractivity contribution is 7.17. The number of aromatic nitrogens is 2. The van der Waals surface area contributed by atoms with Crippen LogP contribution in [0.2, 0.25) is 0 Å². The Labute approximate surface area is 201 Å². The third kappa shape index (κ3) is 2.80. The summed E-state index contributed by atoms with van der Waals surface area (Å²) in [5.74, 6) is -10.0. The second-order valence-corrected chi connectivity index (χ2v) is 8.97. The number of halogens is 6. The quantitative estimate of drug-likeness (QED) is 0.217. The highest BCUT2D eigenvalue weighted by Crippen LogP contribution is 2.42. The van der Waals surface area contributed by atoms with E-state index < -0.39 is 97.4 Å². The summed E-state index contributed by atoms with van der Waals surface area (Å²) in [5.41, 5.74) is -2.92. The van der Waals surface area contributed by atoms with E-state index in [0.717, 1.165) is 0 Å².